The van der Waals surface area contributed by atoms with Crippen molar-refractivity contribution >= 4 is 11.5 Å². The molecule has 0 amide bonds. The molecular weight excluding hydrogens is 310 g/mol. The Morgan fingerprint density at radius 3 is 2.83 bits per heavy atom. The van der Waals surface area contributed by atoms with E-state index >= 15 is 0 Å². The number of nitro groups is 1. The molecule has 1 atom stereocenters. The smallest absolute Gasteiger partial charge is 0.334 e. The lowest BCUT2D eigenvalue weighted by molar-refractivity contribution is -0.384. The Bertz CT molecular complexity index is 716. The van der Waals surface area contributed by atoms with Crippen molar-refractivity contribution in [2.45, 2.75) is 32.5 Å². The van der Waals surface area contributed by atoms with Gasteiger partial charge in [0, 0.05) is 32.5 Å². The summed E-state index contributed by atoms with van der Waals surface area (Å²) in [4.78, 5) is 17.1. The van der Waals surface area contributed by atoms with Crippen LogP contribution in [0, 0.1) is 10.1 Å². The molecule has 3 heterocycles. The van der Waals surface area contributed by atoms with Crippen LogP contribution in [0.3, 0.4) is 0 Å². The van der Waals surface area contributed by atoms with Crippen molar-refractivity contribution in [2.24, 2.45) is 7.05 Å². The quantitative estimate of drug-likeness (QED) is 0.595. The van der Waals surface area contributed by atoms with E-state index in [1.807, 2.05) is 24.0 Å². The van der Waals surface area contributed by atoms with Crippen LogP contribution in [0.1, 0.15) is 24.6 Å². The zero-order valence-electron chi connectivity index (χ0n) is 13.9. The highest BCUT2D eigenvalue weighted by Crippen LogP contribution is 2.34. The zero-order valence-corrected chi connectivity index (χ0v) is 13.9. The van der Waals surface area contributed by atoms with Gasteiger partial charge in [-0.1, -0.05) is 6.92 Å². The summed E-state index contributed by atoms with van der Waals surface area (Å²) >= 11 is 0. The van der Waals surface area contributed by atoms with E-state index in [-0.39, 0.29) is 16.7 Å². The summed E-state index contributed by atoms with van der Waals surface area (Å²) in [5.74, 6) is 0.576. The molecule has 0 unspecified atom stereocenters. The molecule has 0 spiro atoms. The minimum atomic E-state index is -0.327. The Hall–Kier alpha value is -2.48. The number of hydrogen-bond acceptors (Lipinski definition) is 6. The lowest BCUT2D eigenvalue weighted by atomic mass is 10.3. The van der Waals surface area contributed by atoms with Crippen LogP contribution in [0.2, 0.25) is 0 Å². The van der Waals surface area contributed by atoms with E-state index in [1.165, 1.54) is 0 Å². The molecule has 1 saturated heterocycles. The third-order valence-corrected chi connectivity index (χ3v) is 4.26. The number of aromatic nitrogens is 3. The predicted molar refractivity (Wildman–Crippen MR) is 88.9 cm³/mol. The van der Waals surface area contributed by atoms with Crippen LogP contribution in [-0.2, 0) is 24.8 Å². The van der Waals surface area contributed by atoms with Gasteiger partial charge in [0.15, 0.2) is 0 Å². The van der Waals surface area contributed by atoms with Crippen molar-refractivity contribution < 1.29 is 9.66 Å². The van der Waals surface area contributed by atoms with Gasteiger partial charge in [0.2, 0.25) is 5.82 Å². The average Bonchev–Trinajstić information content (AvgIpc) is 3.17. The third-order valence-electron chi connectivity index (χ3n) is 4.26. The maximum absolute atomic E-state index is 11.5. The van der Waals surface area contributed by atoms with Crippen molar-refractivity contribution in [3.63, 3.8) is 0 Å². The molecule has 0 aromatic carbocycles. The molecular formula is C16H21N5O3. The van der Waals surface area contributed by atoms with E-state index in [4.69, 9.17) is 4.74 Å². The largest absolute Gasteiger partial charge is 0.372 e. The van der Waals surface area contributed by atoms with Gasteiger partial charge in [0.25, 0.3) is 0 Å². The van der Waals surface area contributed by atoms with Crippen LogP contribution < -0.4 is 4.90 Å². The van der Waals surface area contributed by atoms with Gasteiger partial charge < -0.3 is 9.64 Å². The molecule has 2 aromatic heterocycles. The van der Waals surface area contributed by atoms with Crippen LogP contribution in [0.15, 0.2) is 24.5 Å². The fraction of sp³-hybridized carbons (Fsp3) is 0.500. The summed E-state index contributed by atoms with van der Waals surface area (Å²) in [6, 6.07) is 3.85. The van der Waals surface area contributed by atoms with E-state index < -0.39 is 0 Å². The Morgan fingerprint density at radius 1 is 1.42 bits per heavy atom. The highest BCUT2D eigenvalue weighted by molar-refractivity contribution is 5.62. The molecule has 0 radical (unpaired) electrons. The van der Waals surface area contributed by atoms with Crippen LogP contribution in [-0.4, -0.2) is 38.9 Å². The predicted octanol–water partition coefficient (Wildman–Crippen LogP) is 2.08. The third kappa shape index (κ3) is 3.23. The maximum Gasteiger partial charge on any atom is 0.334 e. The summed E-state index contributed by atoms with van der Waals surface area (Å²) in [6.07, 6.45) is 4.92. The molecule has 1 fully saturated rings. The van der Waals surface area contributed by atoms with Crippen LogP contribution in [0.25, 0.3) is 0 Å². The summed E-state index contributed by atoms with van der Waals surface area (Å²) in [5, 5.41) is 15.8. The molecule has 0 aliphatic carbocycles. The summed E-state index contributed by atoms with van der Waals surface area (Å²) in [5.41, 5.74) is 1.72. The Labute approximate surface area is 140 Å². The van der Waals surface area contributed by atoms with Gasteiger partial charge in [-0.3, -0.25) is 15.1 Å². The van der Waals surface area contributed by atoms with Crippen LogP contribution in [0.5, 0.6) is 0 Å². The molecule has 3 rings (SSSR count). The van der Waals surface area contributed by atoms with Gasteiger partial charge in [-0.05, 0) is 30.5 Å². The molecule has 24 heavy (non-hydrogen) atoms. The fourth-order valence-corrected chi connectivity index (χ4v) is 3.09. The zero-order chi connectivity index (χ0) is 17.1. The van der Waals surface area contributed by atoms with Gasteiger partial charge in [0.05, 0.1) is 17.6 Å². The van der Waals surface area contributed by atoms with Gasteiger partial charge >= 0.3 is 5.69 Å². The maximum atomic E-state index is 11.5. The molecule has 0 saturated carbocycles. The summed E-state index contributed by atoms with van der Waals surface area (Å²) < 4.78 is 7.56. The van der Waals surface area contributed by atoms with E-state index in [2.05, 4.69) is 10.1 Å². The van der Waals surface area contributed by atoms with E-state index in [0.717, 1.165) is 18.5 Å². The Morgan fingerprint density at radius 2 is 2.17 bits per heavy atom. The molecule has 1 aliphatic rings. The van der Waals surface area contributed by atoms with Gasteiger partial charge in [0.1, 0.15) is 5.69 Å². The fourth-order valence-electron chi connectivity index (χ4n) is 3.09. The van der Waals surface area contributed by atoms with Crippen molar-refractivity contribution in [1.82, 2.24) is 14.8 Å². The minimum Gasteiger partial charge on any atom is -0.372 e. The SMILES string of the molecule is CCc1nn(C)c(N2CC[C@@H](OCc3ccncc3)C2)c1[N+](=O)[O-]. The first-order valence-corrected chi connectivity index (χ1v) is 8.05. The Balaban J connectivity index is 1.69. The number of nitrogens with zero attached hydrogens (tertiary/aromatic N) is 5. The number of anilines is 1. The number of aryl methyl sites for hydroxylation is 2. The number of hydrogen-bond donors (Lipinski definition) is 0. The highest BCUT2D eigenvalue weighted by Gasteiger charge is 2.34. The van der Waals surface area contributed by atoms with Crippen molar-refractivity contribution in [3.8, 4) is 0 Å². The standard InChI is InChI=1S/C16H21N5O3/c1-3-14-15(21(22)23)16(19(2)18-14)20-9-6-13(10-20)24-11-12-4-7-17-8-5-12/h4-5,7-8,13H,3,6,9-11H2,1-2H3/t13-/m1/s1. The first-order chi connectivity index (χ1) is 11.6. The molecule has 8 nitrogen and oxygen atoms in total. The van der Waals surface area contributed by atoms with E-state index in [9.17, 15) is 10.1 Å². The van der Waals surface area contributed by atoms with Gasteiger partial charge in [-0.25, -0.2) is 4.68 Å². The molecule has 0 bridgehead atoms. The lowest BCUT2D eigenvalue weighted by Crippen LogP contribution is -2.25. The molecule has 128 valence electrons. The second kappa shape index (κ2) is 6.96. The van der Waals surface area contributed by atoms with Crippen molar-refractivity contribution in [3.05, 3.63) is 45.9 Å². The van der Waals surface area contributed by atoms with Crippen molar-refractivity contribution in [2.75, 3.05) is 18.0 Å². The average molecular weight is 331 g/mol. The number of rotatable bonds is 6. The van der Waals surface area contributed by atoms with Crippen LogP contribution in [0.4, 0.5) is 11.5 Å². The monoisotopic (exact) mass is 331 g/mol. The van der Waals surface area contributed by atoms with E-state index in [1.54, 1.807) is 24.1 Å². The number of ether oxygens (including phenoxy) is 1. The molecule has 8 heteroatoms. The lowest BCUT2D eigenvalue weighted by Gasteiger charge is -2.18. The summed E-state index contributed by atoms with van der Waals surface area (Å²) in [7, 11) is 1.76. The first kappa shape index (κ1) is 16.4. The Kier molecular flexibility index (Phi) is 4.75. The van der Waals surface area contributed by atoms with Gasteiger partial charge in [-0.2, -0.15) is 5.10 Å². The van der Waals surface area contributed by atoms with Gasteiger partial charge in [-0.15, -0.1) is 0 Å². The summed E-state index contributed by atoms with van der Waals surface area (Å²) in [6.45, 7) is 3.76. The minimum absolute atomic E-state index is 0.0535. The topological polar surface area (TPSA) is 86.3 Å². The molecule has 1 aliphatic heterocycles. The normalized spacial score (nSPS) is 17.4. The molecule has 2 aromatic rings. The first-order valence-electron chi connectivity index (χ1n) is 8.05. The molecule has 0 N–H and O–H groups in total. The van der Waals surface area contributed by atoms with Crippen molar-refractivity contribution in [1.29, 1.82) is 0 Å². The van der Waals surface area contributed by atoms with Crippen LogP contribution >= 0.6 is 0 Å². The van der Waals surface area contributed by atoms with E-state index in [0.29, 0.717) is 31.1 Å². The highest BCUT2D eigenvalue weighted by atomic mass is 16.6. The second-order valence-electron chi connectivity index (χ2n) is 5.88. The second-order valence-corrected chi connectivity index (χ2v) is 5.88. The number of pyridine rings is 1.